The lowest BCUT2D eigenvalue weighted by molar-refractivity contribution is 0.0946. The van der Waals surface area contributed by atoms with Crippen LogP contribution in [0.5, 0.6) is 5.75 Å². The Morgan fingerprint density at radius 1 is 1.06 bits per heavy atom. The predicted molar refractivity (Wildman–Crippen MR) is 131 cm³/mol. The van der Waals surface area contributed by atoms with Gasteiger partial charge in [0.1, 0.15) is 12.4 Å². The van der Waals surface area contributed by atoms with Crippen LogP contribution in [0.1, 0.15) is 52.4 Å². The van der Waals surface area contributed by atoms with Crippen LogP contribution in [0.3, 0.4) is 0 Å². The minimum absolute atomic E-state index is 0.159. The van der Waals surface area contributed by atoms with E-state index in [0.717, 1.165) is 54.6 Å². The molecular formula is C27H26N6O2. The summed E-state index contributed by atoms with van der Waals surface area (Å²) in [5, 5.41) is 7.51. The summed E-state index contributed by atoms with van der Waals surface area (Å²) in [6, 6.07) is 12.1. The summed E-state index contributed by atoms with van der Waals surface area (Å²) in [5.41, 5.74) is 6.07. The molecule has 2 aliphatic carbocycles. The Kier molecular flexibility index (Phi) is 5.70. The number of nitrogens with zero attached hydrogens (tertiary/aromatic N) is 5. The highest BCUT2D eigenvalue weighted by Crippen LogP contribution is 2.42. The van der Waals surface area contributed by atoms with Crippen LogP contribution >= 0.6 is 0 Å². The van der Waals surface area contributed by atoms with E-state index in [4.69, 9.17) is 9.72 Å². The summed E-state index contributed by atoms with van der Waals surface area (Å²) in [5.74, 6) is 1.32. The first-order chi connectivity index (χ1) is 17.3. The van der Waals surface area contributed by atoms with Gasteiger partial charge in [0.15, 0.2) is 0 Å². The van der Waals surface area contributed by atoms with Crippen molar-refractivity contribution in [3.8, 4) is 23.0 Å². The molecule has 0 saturated heterocycles. The third-order valence-corrected chi connectivity index (χ3v) is 6.51. The molecule has 3 heterocycles. The fourth-order valence-electron chi connectivity index (χ4n) is 4.66. The van der Waals surface area contributed by atoms with Crippen molar-refractivity contribution in [1.29, 1.82) is 0 Å². The fraction of sp³-hybridized carbons (Fsp3) is 0.296. The summed E-state index contributed by atoms with van der Waals surface area (Å²) in [4.78, 5) is 26.7. The Labute approximate surface area is 203 Å². The number of nitrogens with one attached hydrogen (secondary N) is 1. The molecule has 2 aliphatic rings. The zero-order valence-corrected chi connectivity index (χ0v) is 19.4. The minimum Gasteiger partial charge on any atom is -0.490 e. The predicted octanol–water partition coefficient (Wildman–Crippen LogP) is 3.90. The van der Waals surface area contributed by atoms with Crippen LogP contribution in [0.15, 0.2) is 61.2 Å². The maximum atomic E-state index is 13.0. The average Bonchev–Trinajstić information content (AvgIpc) is 3.68. The Morgan fingerprint density at radius 3 is 2.80 bits per heavy atom. The van der Waals surface area contributed by atoms with Crippen molar-refractivity contribution in [2.75, 3.05) is 13.2 Å². The van der Waals surface area contributed by atoms with E-state index in [0.29, 0.717) is 36.3 Å². The lowest BCUT2D eigenvalue weighted by atomic mass is 10.0. The highest BCUT2D eigenvalue weighted by molar-refractivity contribution is 5.95. The van der Waals surface area contributed by atoms with E-state index in [9.17, 15) is 4.79 Å². The van der Waals surface area contributed by atoms with Gasteiger partial charge < -0.3 is 10.1 Å². The van der Waals surface area contributed by atoms with Gasteiger partial charge in [0.2, 0.25) is 0 Å². The lowest BCUT2D eigenvalue weighted by Gasteiger charge is -2.12. The second-order valence-electron chi connectivity index (χ2n) is 8.98. The van der Waals surface area contributed by atoms with Gasteiger partial charge in [-0.1, -0.05) is 24.3 Å². The molecule has 0 radical (unpaired) electrons. The van der Waals surface area contributed by atoms with Gasteiger partial charge in [-0.05, 0) is 55.4 Å². The van der Waals surface area contributed by atoms with Crippen molar-refractivity contribution in [2.24, 2.45) is 0 Å². The van der Waals surface area contributed by atoms with E-state index >= 15 is 0 Å². The normalized spacial score (nSPS) is 14.5. The van der Waals surface area contributed by atoms with Gasteiger partial charge in [-0.25, -0.2) is 14.6 Å². The Morgan fingerprint density at radius 2 is 1.94 bits per heavy atom. The molecule has 8 heteroatoms. The van der Waals surface area contributed by atoms with Crippen LogP contribution in [0.25, 0.3) is 17.2 Å². The number of pyridine rings is 1. The molecular weight excluding hydrogens is 440 g/mol. The van der Waals surface area contributed by atoms with Crippen LogP contribution in [-0.4, -0.2) is 43.8 Å². The molecule has 0 unspecified atom stereocenters. The largest absolute Gasteiger partial charge is 0.490 e. The minimum atomic E-state index is -0.159. The average molecular weight is 467 g/mol. The monoisotopic (exact) mass is 466 g/mol. The maximum Gasteiger partial charge on any atom is 0.254 e. The number of benzene rings is 1. The highest BCUT2D eigenvalue weighted by Gasteiger charge is 2.33. The summed E-state index contributed by atoms with van der Waals surface area (Å²) in [6.45, 7) is 0.743. The smallest absolute Gasteiger partial charge is 0.254 e. The number of fused-ring (bicyclic) bond motifs is 3. The Hall–Kier alpha value is -4.07. The van der Waals surface area contributed by atoms with E-state index in [1.807, 2.05) is 18.3 Å². The molecule has 176 valence electrons. The lowest BCUT2D eigenvalue weighted by Crippen LogP contribution is -2.28. The number of aryl methyl sites for hydroxylation is 2. The van der Waals surface area contributed by atoms with Gasteiger partial charge in [-0.15, -0.1) is 0 Å². The van der Waals surface area contributed by atoms with Crippen molar-refractivity contribution in [1.82, 2.24) is 30.0 Å². The topological polar surface area (TPSA) is 94.8 Å². The number of aromatic nitrogens is 5. The van der Waals surface area contributed by atoms with Gasteiger partial charge in [0, 0.05) is 23.9 Å². The van der Waals surface area contributed by atoms with E-state index in [1.165, 1.54) is 5.56 Å². The molecule has 0 atom stereocenters. The number of ether oxygens (including phenoxy) is 1. The standard InChI is InChI=1S/C27H26N6O2/c34-26(29-13-14-35-21-8-4-12-28-16-21)23-17-31-33(25(23)19-10-11-19)27-30-15-20-7-3-6-18-5-1-2-9-22(18)24(20)32-27/h1-2,4-5,8-9,12,15-17,19H,3,6-7,10-11,13-14H2,(H,29,34). The molecule has 1 aromatic carbocycles. The van der Waals surface area contributed by atoms with E-state index in [2.05, 4.69) is 44.6 Å². The fourth-order valence-corrected chi connectivity index (χ4v) is 4.66. The van der Waals surface area contributed by atoms with Crippen LogP contribution < -0.4 is 10.1 Å². The molecule has 0 spiro atoms. The van der Waals surface area contributed by atoms with E-state index in [-0.39, 0.29) is 5.91 Å². The van der Waals surface area contributed by atoms with Gasteiger partial charge in [0.25, 0.3) is 11.9 Å². The number of carbonyl (C=O) groups excluding carboxylic acids is 1. The summed E-state index contributed by atoms with van der Waals surface area (Å²) < 4.78 is 7.39. The SMILES string of the molecule is O=C(NCCOc1cccnc1)c1cnn(-c2ncc3c(n2)-c2ccccc2CCC3)c1C1CC1. The van der Waals surface area contributed by atoms with Gasteiger partial charge >= 0.3 is 0 Å². The number of hydrogen-bond acceptors (Lipinski definition) is 6. The molecule has 1 amide bonds. The van der Waals surface area contributed by atoms with Crippen LogP contribution in [0.2, 0.25) is 0 Å². The van der Waals surface area contributed by atoms with Crippen molar-refractivity contribution >= 4 is 5.91 Å². The Bertz CT molecular complexity index is 1360. The first kappa shape index (κ1) is 21.5. The number of hydrogen-bond donors (Lipinski definition) is 1. The molecule has 0 bridgehead atoms. The highest BCUT2D eigenvalue weighted by atomic mass is 16.5. The second kappa shape index (κ2) is 9.29. The van der Waals surface area contributed by atoms with E-state index in [1.54, 1.807) is 23.3 Å². The number of carbonyl (C=O) groups is 1. The zero-order chi connectivity index (χ0) is 23.6. The summed E-state index contributed by atoms with van der Waals surface area (Å²) in [7, 11) is 0. The first-order valence-electron chi connectivity index (χ1n) is 12.1. The second-order valence-corrected chi connectivity index (χ2v) is 8.98. The molecule has 1 fully saturated rings. The molecule has 6 rings (SSSR count). The summed E-state index contributed by atoms with van der Waals surface area (Å²) in [6.07, 6.45) is 12.0. The first-order valence-corrected chi connectivity index (χ1v) is 12.1. The van der Waals surface area contributed by atoms with Gasteiger partial charge in [-0.2, -0.15) is 5.10 Å². The maximum absolute atomic E-state index is 13.0. The molecule has 8 nitrogen and oxygen atoms in total. The molecule has 3 aromatic heterocycles. The van der Waals surface area contributed by atoms with Crippen molar-refractivity contribution in [3.63, 3.8) is 0 Å². The van der Waals surface area contributed by atoms with Crippen molar-refractivity contribution in [3.05, 3.63) is 83.6 Å². The Balaban J connectivity index is 1.25. The molecule has 35 heavy (non-hydrogen) atoms. The number of amides is 1. The van der Waals surface area contributed by atoms with Crippen LogP contribution in [0.4, 0.5) is 0 Å². The zero-order valence-electron chi connectivity index (χ0n) is 19.4. The van der Waals surface area contributed by atoms with Crippen LogP contribution in [0, 0.1) is 0 Å². The van der Waals surface area contributed by atoms with Gasteiger partial charge in [-0.3, -0.25) is 9.78 Å². The molecule has 1 saturated carbocycles. The van der Waals surface area contributed by atoms with Crippen molar-refractivity contribution in [2.45, 2.75) is 38.0 Å². The molecule has 0 aliphatic heterocycles. The summed E-state index contributed by atoms with van der Waals surface area (Å²) >= 11 is 0. The third kappa shape index (κ3) is 4.39. The van der Waals surface area contributed by atoms with Crippen LogP contribution in [-0.2, 0) is 12.8 Å². The molecule has 4 aromatic rings. The third-order valence-electron chi connectivity index (χ3n) is 6.51. The van der Waals surface area contributed by atoms with E-state index < -0.39 is 0 Å². The number of rotatable bonds is 7. The molecule has 1 N–H and O–H groups in total. The quantitative estimate of drug-likeness (QED) is 0.415. The van der Waals surface area contributed by atoms with Crippen molar-refractivity contribution < 1.29 is 9.53 Å². The van der Waals surface area contributed by atoms with Gasteiger partial charge in [0.05, 0.1) is 35.9 Å².